The van der Waals surface area contributed by atoms with Crippen LogP contribution in [0.4, 0.5) is 16.2 Å². The molecule has 2 rings (SSSR count). The summed E-state index contributed by atoms with van der Waals surface area (Å²) in [5.74, 6) is 0. The van der Waals surface area contributed by atoms with Gasteiger partial charge in [0.15, 0.2) is 0 Å². The van der Waals surface area contributed by atoms with Gasteiger partial charge in [0.2, 0.25) is 0 Å². The van der Waals surface area contributed by atoms with Crippen LogP contribution in [0.5, 0.6) is 0 Å². The van der Waals surface area contributed by atoms with Crippen molar-refractivity contribution in [3.63, 3.8) is 0 Å². The highest BCUT2D eigenvalue weighted by Gasteiger charge is 2.07. The number of nitrogens with one attached hydrogen (secondary N) is 2. The third-order valence-corrected chi connectivity index (χ3v) is 3.13. The van der Waals surface area contributed by atoms with Crippen LogP contribution >= 0.6 is 0 Å². The summed E-state index contributed by atoms with van der Waals surface area (Å²) >= 11 is 0. The molecule has 0 spiro atoms. The largest absolute Gasteiger partial charge is 0.338 e. The predicted molar refractivity (Wildman–Crippen MR) is 85.0 cm³/mol. The molecule has 0 radical (unpaired) electrons. The van der Waals surface area contributed by atoms with E-state index in [1.165, 1.54) is 23.8 Å². The summed E-state index contributed by atoms with van der Waals surface area (Å²) in [5.41, 5.74) is 2.67. The van der Waals surface area contributed by atoms with Crippen LogP contribution in [-0.2, 0) is 6.42 Å². The number of urea groups is 1. The number of nitro benzene ring substituents is 1. The van der Waals surface area contributed by atoms with Gasteiger partial charge in [-0.15, -0.1) is 0 Å². The van der Waals surface area contributed by atoms with Crippen LogP contribution < -0.4 is 10.6 Å². The van der Waals surface area contributed by atoms with Gasteiger partial charge in [0.25, 0.3) is 5.69 Å². The van der Waals surface area contributed by atoms with Crippen LogP contribution in [0.2, 0.25) is 0 Å². The second kappa shape index (κ2) is 7.21. The van der Waals surface area contributed by atoms with Crippen LogP contribution in [-0.4, -0.2) is 17.5 Å². The number of nitrogens with zero attached hydrogens (tertiary/aromatic N) is 1. The van der Waals surface area contributed by atoms with E-state index < -0.39 is 4.92 Å². The Morgan fingerprint density at radius 3 is 2.59 bits per heavy atom. The topological polar surface area (TPSA) is 84.3 Å². The van der Waals surface area contributed by atoms with Crippen LogP contribution in [0.15, 0.2) is 48.5 Å². The first-order chi connectivity index (χ1) is 10.5. The molecule has 2 amide bonds. The molecule has 2 aromatic rings. The summed E-state index contributed by atoms with van der Waals surface area (Å²) in [6.07, 6.45) is 0.725. The molecule has 0 atom stereocenters. The fourth-order valence-corrected chi connectivity index (χ4v) is 1.95. The normalized spacial score (nSPS) is 10.0. The van der Waals surface area contributed by atoms with Gasteiger partial charge in [-0.1, -0.05) is 35.9 Å². The maximum Gasteiger partial charge on any atom is 0.319 e. The highest BCUT2D eigenvalue weighted by molar-refractivity contribution is 5.89. The zero-order valence-corrected chi connectivity index (χ0v) is 12.2. The number of carbonyl (C=O) groups is 1. The lowest BCUT2D eigenvalue weighted by Crippen LogP contribution is -2.30. The van der Waals surface area contributed by atoms with Gasteiger partial charge in [0.05, 0.1) is 4.92 Å². The van der Waals surface area contributed by atoms with Crippen LogP contribution in [0.1, 0.15) is 11.1 Å². The fraction of sp³-hybridized carbons (Fsp3) is 0.188. The molecule has 0 heterocycles. The summed E-state index contributed by atoms with van der Waals surface area (Å²) in [5, 5.41) is 16.0. The van der Waals surface area contributed by atoms with Crippen molar-refractivity contribution in [2.45, 2.75) is 13.3 Å². The first kappa shape index (κ1) is 15.5. The monoisotopic (exact) mass is 299 g/mol. The molecule has 0 saturated heterocycles. The molecule has 114 valence electrons. The van der Waals surface area contributed by atoms with E-state index >= 15 is 0 Å². The zero-order chi connectivity index (χ0) is 15.9. The molecule has 0 aliphatic heterocycles. The van der Waals surface area contributed by atoms with Gasteiger partial charge in [0, 0.05) is 24.4 Å². The van der Waals surface area contributed by atoms with E-state index in [0.717, 1.165) is 12.0 Å². The SMILES string of the molecule is Cc1ccc(CCNC(=O)Nc2cccc([N+](=O)[O-])c2)cc1. The second-order valence-electron chi connectivity index (χ2n) is 4.92. The van der Waals surface area contributed by atoms with Gasteiger partial charge < -0.3 is 10.6 Å². The number of hydrogen-bond donors (Lipinski definition) is 2. The quantitative estimate of drug-likeness (QED) is 0.656. The molecule has 0 aromatic heterocycles. The molecule has 2 N–H and O–H groups in total. The molecule has 0 aliphatic rings. The Morgan fingerprint density at radius 2 is 1.91 bits per heavy atom. The fourth-order valence-electron chi connectivity index (χ4n) is 1.95. The lowest BCUT2D eigenvalue weighted by molar-refractivity contribution is -0.384. The summed E-state index contributed by atoms with van der Waals surface area (Å²) in [7, 11) is 0. The molecular formula is C16H17N3O3. The first-order valence-corrected chi connectivity index (χ1v) is 6.89. The minimum absolute atomic E-state index is 0.0579. The zero-order valence-electron chi connectivity index (χ0n) is 12.2. The van der Waals surface area contributed by atoms with Crippen molar-refractivity contribution in [3.8, 4) is 0 Å². The Balaban J connectivity index is 1.81. The molecule has 6 nitrogen and oxygen atoms in total. The van der Waals surface area contributed by atoms with E-state index in [1.807, 2.05) is 31.2 Å². The molecule has 0 unspecified atom stereocenters. The standard InChI is InChI=1S/C16H17N3O3/c1-12-5-7-13(8-6-12)9-10-17-16(20)18-14-3-2-4-15(11-14)19(21)22/h2-8,11H,9-10H2,1H3,(H2,17,18,20). The lowest BCUT2D eigenvalue weighted by Gasteiger charge is -2.07. The molecule has 0 fully saturated rings. The summed E-state index contributed by atoms with van der Waals surface area (Å²) in [4.78, 5) is 21.9. The number of non-ortho nitro benzene ring substituents is 1. The van der Waals surface area contributed by atoms with Gasteiger partial charge in [-0.25, -0.2) is 4.79 Å². The van der Waals surface area contributed by atoms with Crippen molar-refractivity contribution in [1.82, 2.24) is 5.32 Å². The Morgan fingerprint density at radius 1 is 1.18 bits per heavy atom. The minimum Gasteiger partial charge on any atom is -0.338 e. The number of hydrogen-bond acceptors (Lipinski definition) is 3. The van der Waals surface area contributed by atoms with E-state index in [9.17, 15) is 14.9 Å². The van der Waals surface area contributed by atoms with Crippen molar-refractivity contribution in [2.75, 3.05) is 11.9 Å². The van der Waals surface area contributed by atoms with E-state index in [-0.39, 0.29) is 11.7 Å². The number of nitro groups is 1. The lowest BCUT2D eigenvalue weighted by atomic mass is 10.1. The molecule has 6 heteroatoms. The molecule has 22 heavy (non-hydrogen) atoms. The van der Waals surface area contributed by atoms with Gasteiger partial charge in [-0.3, -0.25) is 10.1 Å². The Bertz CT molecular complexity index is 669. The highest BCUT2D eigenvalue weighted by Crippen LogP contribution is 2.16. The number of benzene rings is 2. The van der Waals surface area contributed by atoms with Crippen molar-refractivity contribution < 1.29 is 9.72 Å². The highest BCUT2D eigenvalue weighted by atomic mass is 16.6. The van der Waals surface area contributed by atoms with E-state index in [2.05, 4.69) is 10.6 Å². The van der Waals surface area contributed by atoms with Crippen LogP contribution in [0.25, 0.3) is 0 Å². The number of carbonyl (C=O) groups excluding carboxylic acids is 1. The van der Waals surface area contributed by atoms with Crippen LogP contribution in [0.3, 0.4) is 0 Å². The second-order valence-corrected chi connectivity index (χ2v) is 4.92. The van der Waals surface area contributed by atoms with Gasteiger partial charge in [0.1, 0.15) is 0 Å². The molecule has 0 aliphatic carbocycles. The van der Waals surface area contributed by atoms with E-state index in [0.29, 0.717) is 12.2 Å². The number of aryl methyl sites for hydroxylation is 1. The third-order valence-electron chi connectivity index (χ3n) is 3.13. The maximum atomic E-state index is 11.7. The molecule has 0 saturated carbocycles. The maximum absolute atomic E-state index is 11.7. The van der Waals surface area contributed by atoms with Crippen molar-refractivity contribution in [2.24, 2.45) is 0 Å². The van der Waals surface area contributed by atoms with E-state index in [1.54, 1.807) is 6.07 Å². The number of amides is 2. The predicted octanol–water partition coefficient (Wildman–Crippen LogP) is 3.27. The van der Waals surface area contributed by atoms with Crippen molar-refractivity contribution in [3.05, 3.63) is 69.8 Å². The minimum atomic E-state index is -0.500. The Labute approximate surface area is 128 Å². The average Bonchev–Trinajstić information content (AvgIpc) is 2.49. The van der Waals surface area contributed by atoms with Gasteiger partial charge in [-0.05, 0) is 25.0 Å². The summed E-state index contributed by atoms with van der Waals surface area (Å²) in [6.45, 7) is 2.51. The number of anilines is 1. The number of rotatable bonds is 5. The Kier molecular flexibility index (Phi) is 5.08. The summed E-state index contributed by atoms with van der Waals surface area (Å²) < 4.78 is 0. The van der Waals surface area contributed by atoms with Crippen LogP contribution in [0, 0.1) is 17.0 Å². The third kappa shape index (κ3) is 4.59. The molecule has 2 aromatic carbocycles. The average molecular weight is 299 g/mol. The smallest absolute Gasteiger partial charge is 0.319 e. The Hall–Kier alpha value is -2.89. The van der Waals surface area contributed by atoms with Crippen molar-refractivity contribution >= 4 is 17.4 Å². The van der Waals surface area contributed by atoms with E-state index in [4.69, 9.17) is 0 Å². The van der Waals surface area contributed by atoms with Gasteiger partial charge in [-0.2, -0.15) is 0 Å². The molecule has 0 bridgehead atoms. The first-order valence-electron chi connectivity index (χ1n) is 6.89. The summed E-state index contributed by atoms with van der Waals surface area (Å²) in [6, 6.07) is 13.5. The van der Waals surface area contributed by atoms with Gasteiger partial charge >= 0.3 is 6.03 Å². The molecular weight excluding hydrogens is 282 g/mol. The van der Waals surface area contributed by atoms with Crippen molar-refractivity contribution in [1.29, 1.82) is 0 Å².